The maximum Gasteiger partial charge on any atom is 0.163 e. The van der Waals surface area contributed by atoms with Gasteiger partial charge in [-0.3, -0.25) is 0 Å². The van der Waals surface area contributed by atoms with Crippen LogP contribution in [-0.4, -0.2) is 35.1 Å². The van der Waals surface area contributed by atoms with Crippen LogP contribution in [0.15, 0.2) is 67.0 Å². The normalized spacial score (nSPS) is 16.6. The monoisotopic (exact) mass is 565 g/mol. The Morgan fingerprint density at radius 1 is 1.10 bits per heavy atom. The quantitative estimate of drug-likeness (QED) is 0.209. The lowest BCUT2D eigenvalue weighted by Gasteiger charge is -2.17. The highest BCUT2D eigenvalue weighted by atomic mass is 35.5. The summed E-state index contributed by atoms with van der Waals surface area (Å²) >= 11 is 8.06. The Morgan fingerprint density at radius 2 is 2.00 bits per heavy atom. The number of halogens is 2. The highest BCUT2D eigenvalue weighted by Crippen LogP contribution is 2.39. The van der Waals surface area contributed by atoms with Crippen molar-refractivity contribution in [3.8, 4) is 11.5 Å². The fourth-order valence-corrected chi connectivity index (χ4v) is 5.73. The van der Waals surface area contributed by atoms with Gasteiger partial charge in [0.1, 0.15) is 53.6 Å². The van der Waals surface area contributed by atoms with E-state index in [0.29, 0.717) is 29.8 Å². The number of nitrogens with one attached hydrogen (secondary N) is 1. The molecule has 6 rings (SSSR count). The summed E-state index contributed by atoms with van der Waals surface area (Å²) in [4.78, 5) is 9.84. The lowest BCUT2D eigenvalue weighted by Crippen LogP contribution is -2.25. The third-order valence-electron chi connectivity index (χ3n) is 6.22. The molecule has 0 amide bonds. The molecule has 0 saturated carbocycles. The number of benzene rings is 3. The van der Waals surface area contributed by atoms with Gasteiger partial charge in [-0.2, -0.15) is 0 Å². The van der Waals surface area contributed by atoms with Crippen molar-refractivity contribution < 1.29 is 23.3 Å². The largest absolute Gasteiger partial charge is 0.491 e. The fourth-order valence-electron chi connectivity index (χ4n) is 4.43. The average molecular weight is 566 g/mol. The summed E-state index contributed by atoms with van der Waals surface area (Å²) in [5.74, 6) is 1.05. The van der Waals surface area contributed by atoms with Crippen LogP contribution in [0.4, 0.5) is 15.9 Å². The van der Waals surface area contributed by atoms with Gasteiger partial charge in [0.15, 0.2) is 5.79 Å². The smallest absolute Gasteiger partial charge is 0.163 e. The Morgan fingerprint density at radius 3 is 2.79 bits per heavy atom. The van der Waals surface area contributed by atoms with Gasteiger partial charge in [0.25, 0.3) is 0 Å². The van der Waals surface area contributed by atoms with Crippen LogP contribution in [0.3, 0.4) is 0 Å². The topological polar surface area (TPSA) is 74.7 Å². The minimum Gasteiger partial charge on any atom is -0.491 e. The first-order valence-electron chi connectivity index (χ1n) is 12.4. The van der Waals surface area contributed by atoms with E-state index in [9.17, 15) is 4.39 Å². The molecule has 1 aliphatic rings. The summed E-state index contributed by atoms with van der Waals surface area (Å²) < 4.78 is 37.7. The van der Waals surface area contributed by atoms with Gasteiger partial charge in [-0.25, -0.2) is 14.4 Å². The number of fused-ring (bicyclic) bond motifs is 3. The van der Waals surface area contributed by atoms with Crippen molar-refractivity contribution in [1.29, 1.82) is 0 Å². The minimum absolute atomic E-state index is 0.107. The van der Waals surface area contributed by atoms with Gasteiger partial charge in [0.05, 0.1) is 17.0 Å². The van der Waals surface area contributed by atoms with Crippen molar-refractivity contribution in [2.45, 2.75) is 32.3 Å². The summed E-state index contributed by atoms with van der Waals surface area (Å²) in [6.45, 7) is 4.92. The highest BCUT2D eigenvalue weighted by Gasteiger charge is 2.33. The predicted molar refractivity (Wildman–Crippen MR) is 151 cm³/mol. The lowest BCUT2D eigenvalue weighted by atomic mass is 10.2. The van der Waals surface area contributed by atoms with Gasteiger partial charge in [0, 0.05) is 15.8 Å². The summed E-state index contributed by atoms with van der Waals surface area (Å²) in [6, 6.07) is 17.6. The molecular formula is C29H25ClFN3O4S. The number of hydrogen-bond donors (Lipinski definition) is 1. The summed E-state index contributed by atoms with van der Waals surface area (Å²) in [5.41, 5.74) is 1.47. The number of aromatic nitrogens is 2. The van der Waals surface area contributed by atoms with Crippen molar-refractivity contribution in [3.05, 3.63) is 83.4 Å². The molecule has 0 bridgehead atoms. The standard InChI is InChI=1S/C29H25ClFN3O4S/c1-29(2)37-15-21(38-29)14-35-20-7-8-22-25(12-20)39-28-26(22)27(32-16-33-28)34-19-6-9-24(23(30)11-19)36-13-17-4-3-5-18(31)10-17/h3-12,16,21H,13-15H2,1-2H3,(H,32,33,34). The third kappa shape index (κ3) is 5.77. The summed E-state index contributed by atoms with van der Waals surface area (Å²) in [5, 5.41) is 5.73. The van der Waals surface area contributed by atoms with Crippen LogP contribution in [0, 0.1) is 5.82 Å². The van der Waals surface area contributed by atoms with E-state index in [0.717, 1.165) is 37.3 Å². The molecule has 0 radical (unpaired) electrons. The molecule has 2 aromatic heterocycles. The molecule has 0 spiro atoms. The first kappa shape index (κ1) is 25.8. The molecule has 1 fully saturated rings. The molecule has 1 unspecified atom stereocenters. The lowest BCUT2D eigenvalue weighted by molar-refractivity contribution is -0.141. The van der Waals surface area contributed by atoms with Gasteiger partial charge in [-0.1, -0.05) is 23.7 Å². The van der Waals surface area contributed by atoms with Crippen LogP contribution in [0.5, 0.6) is 11.5 Å². The second-order valence-corrected chi connectivity index (χ2v) is 11.1. The van der Waals surface area contributed by atoms with Crippen molar-refractivity contribution in [2.75, 3.05) is 18.5 Å². The zero-order valence-corrected chi connectivity index (χ0v) is 22.8. The van der Waals surface area contributed by atoms with E-state index < -0.39 is 5.79 Å². The molecule has 1 N–H and O–H groups in total. The van der Waals surface area contributed by atoms with E-state index in [2.05, 4.69) is 15.3 Å². The van der Waals surface area contributed by atoms with E-state index in [1.165, 1.54) is 18.5 Å². The Hall–Kier alpha value is -3.50. The molecule has 39 heavy (non-hydrogen) atoms. The minimum atomic E-state index is -0.577. The zero-order valence-electron chi connectivity index (χ0n) is 21.2. The van der Waals surface area contributed by atoms with E-state index in [1.54, 1.807) is 35.6 Å². The summed E-state index contributed by atoms with van der Waals surface area (Å²) in [6.07, 6.45) is 1.43. The van der Waals surface area contributed by atoms with Gasteiger partial charge >= 0.3 is 0 Å². The van der Waals surface area contributed by atoms with Crippen LogP contribution >= 0.6 is 22.9 Å². The molecule has 3 heterocycles. The van der Waals surface area contributed by atoms with E-state index in [-0.39, 0.29) is 18.5 Å². The fraction of sp³-hybridized carbons (Fsp3) is 0.241. The number of rotatable bonds is 8. The third-order valence-corrected chi connectivity index (χ3v) is 7.58. The Kier molecular flexibility index (Phi) is 6.99. The molecule has 0 aliphatic carbocycles. The SMILES string of the molecule is CC1(C)OCC(COc2ccc3c(c2)sc2ncnc(Nc4ccc(OCc5cccc(F)c5)c(Cl)c4)c23)O1. The highest BCUT2D eigenvalue weighted by molar-refractivity contribution is 7.25. The first-order valence-corrected chi connectivity index (χ1v) is 13.6. The van der Waals surface area contributed by atoms with Gasteiger partial charge in [-0.15, -0.1) is 11.3 Å². The van der Waals surface area contributed by atoms with E-state index in [4.69, 9.17) is 30.5 Å². The number of nitrogens with zero attached hydrogens (tertiary/aromatic N) is 2. The van der Waals surface area contributed by atoms with Crippen LogP contribution in [0.25, 0.3) is 20.3 Å². The van der Waals surface area contributed by atoms with Crippen molar-refractivity contribution >= 4 is 54.7 Å². The molecule has 1 atom stereocenters. The van der Waals surface area contributed by atoms with Crippen molar-refractivity contribution in [3.63, 3.8) is 0 Å². The second kappa shape index (κ2) is 10.6. The zero-order chi connectivity index (χ0) is 27.0. The van der Waals surface area contributed by atoms with Crippen LogP contribution in [0.1, 0.15) is 19.4 Å². The first-order chi connectivity index (χ1) is 18.8. The molecule has 1 saturated heterocycles. The van der Waals surface area contributed by atoms with Gasteiger partial charge in [-0.05, 0) is 67.9 Å². The van der Waals surface area contributed by atoms with E-state index in [1.807, 2.05) is 38.1 Å². The molecule has 5 aromatic rings. The molecule has 1 aliphatic heterocycles. The molecular weight excluding hydrogens is 541 g/mol. The van der Waals surface area contributed by atoms with Crippen LogP contribution in [-0.2, 0) is 16.1 Å². The maximum atomic E-state index is 13.4. The number of ether oxygens (including phenoxy) is 4. The van der Waals surface area contributed by atoms with Gasteiger partial charge in [0.2, 0.25) is 0 Å². The average Bonchev–Trinajstić information content (AvgIpc) is 3.46. The second-order valence-electron chi connectivity index (χ2n) is 9.61. The number of hydrogen-bond acceptors (Lipinski definition) is 8. The Bertz CT molecular complexity index is 1660. The molecule has 10 heteroatoms. The summed E-state index contributed by atoms with van der Waals surface area (Å²) in [7, 11) is 0. The van der Waals surface area contributed by atoms with Gasteiger partial charge < -0.3 is 24.3 Å². The van der Waals surface area contributed by atoms with Crippen LogP contribution in [0.2, 0.25) is 5.02 Å². The van der Waals surface area contributed by atoms with Crippen molar-refractivity contribution in [2.24, 2.45) is 0 Å². The number of thiophene rings is 1. The van der Waals surface area contributed by atoms with Crippen molar-refractivity contribution in [1.82, 2.24) is 9.97 Å². The van der Waals surface area contributed by atoms with E-state index >= 15 is 0 Å². The number of anilines is 2. The predicted octanol–water partition coefficient (Wildman–Crippen LogP) is 7.49. The molecule has 7 nitrogen and oxygen atoms in total. The molecule has 200 valence electrons. The maximum absolute atomic E-state index is 13.4. The van der Waals surface area contributed by atoms with Crippen LogP contribution < -0.4 is 14.8 Å². The molecule has 3 aromatic carbocycles. The Labute approximate surface area is 233 Å². The Balaban J connectivity index is 1.18.